The van der Waals surface area contributed by atoms with Crippen molar-refractivity contribution in [3.63, 3.8) is 0 Å². The topological polar surface area (TPSA) is 122 Å². The molecule has 2 heterocycles. The molecule has 150 valence electrons. The molecule has 0 fully saturated rings. The van der Waals surface area contributed by atoms with E-state index in [1.807, 2.05) is 0 Å². The molecule has 1 aliphatic rings. The molecule has 0 bridgehead atoms. The van der Waals surface area contributed by atoms with Crippen LogP contribution in [0.5, 0.6) is 0 Å². The van der Waals surface area contributed by atoms with Crippen molar-refractivity contribution in [2.24, 2.45) is 5.10 Å². The van der Waals surface area contributed by atoms with Gasteiger partial charge in [0.05, 0.1) is 35.5 Å². The maximum atomic E-state index is 12.4. The average Bonchev–Trinajstić information content (AvgIpc) is 3.37. The van der Waals surface area contributed by atoms with Crippen LogP contribution in [-0.2, 0) is 11.2 Å². The number of fused-ring (bicyclic) bond motifs is 1. The zero-order chi connectivity index (χ0) is 21.1. The number of aromatic nitrogens is 4. The molecule has 4 rings (SSSR count). The summed E-state index contributed by atoms with van der Waals surface area (Å²) in [6.45, 7) is 1.65. The summed E-state index contributed by atoms with van der Waals surface area (Å²) < 4.78 is 1.51. The number of tetrazole rings is 1. The van der Waals surface area contributed by atoms with E-state index in [1.165, 1.54) is 11.0 Å². The summed E-state index contributed by atoms with van der Waals surface area (Å²) in [6, 6.07) is 13.9. The fraction of sp³-hybridized carbons (Fsp3) is 0.150. The third-order valence-electron chi connectivity index (χ3n) is 4.55. The van der Waals surface area contributed by atoms with Gasteiger partial charge in [0.25, 0.3) is 11.8 Å². The Labute approximate surface area is 171 Å². The minimum absolute atomic E-state index is 0.00721. The van der Waals surface area contributed by atoms with E-state index in [1.54, 1.807) is 55.5 Å². The van der Waals surface area contributed by atoms with E-state index >= 15 is 0 Å². The second-order valence-corrected chi connectivity index (χ2v) is 6.72. The second-order valence-electron chi connectivity index (χ2n) is 6.72. The molecule has 10 nitrogen and oxygen atoms in total. The minimum Gasteiger partial charge on any atom is -0.273 e. The standard InChI is InChI=1S/C20H17N7O3/c1-13(11-26-19(29)16-4-2-3-5-17(16)20(26)30)22-23-18(28)10-14-6-8-15(9-7-14)27-12-21-24-25-27/h2-9,12H,10-11H2,1H3,(H,23,28). The molecule has 3 amide bonds. The Kier molecular flexibility index (Phi) is 5.12. The number of hydrazone groups is 1. The van der Waals surface area contributed by atoms with Crippen molar-refractivity contribution in [2.45, 2.75) is 13.3 Å². The van der Waals surface area contributed by atoms with Crippen LogP contribution in [0.2, 0.25) is 0 Å². The van der Waals surface area contributed by atoms with Gasteiger partial charge in [-0.05, 0) is 47.2 Å². The third kappa shape index (κ3) is 3.83. The molecule has 3 aromatic rings. The first-order chi connectivity index (χ1) is 14.5. The van der Waals surface area contributed by atoms with Crippen LogP contribution in [0.25, 0.3) is 5.69 Å². The molecule has 0 spiro atoms. The fourth-order valence-corrected chi connectivity index (χ4v) is 3.08. The van der Waals surface area contributed by atoms with Crippen molar-refractivity contribution < 1.29 is 14.4 Å². The third-order valence-corrected chi connectivity index (χ3v) is 4.55. The van der Waals surface area contributed by atoms with Crippen molar-refractivity contribution in [3.8, 4) is 5.69 Å². The first-order valence-corrected chi connectivity index (χ1v) is 9.12. The Morgan fingerprint density at radius 2 is 1.70 bits per heavy atom. The summed E-state index contributed by atoms with van der Waals surface area (Å²) in [7, 11) is 0. The first kappa shape index (κ1) is 19.1. The fourth-order valence-electron chi connectivity index (χ4n) is 3.08. The van der Waals surface area contributed by atoms with Gasteiger partial charge in [0.15, 0.2) is 0 Å². The number of imide groups is 1. The zero-order valence-corrected chi connectivity index (χ0v) is 16.0. The number of carbonyl (C=O) groups excluding carboxylic acids is 3. The van der Waals surface area contributed by atoms with Crippen LogP contribution in [0, 0.1) is 0 Å². The van der Waals surface area contributed by atoms with Gasteiger partial charge < -0.3 is 0 Å². The summed E-state index contributed by atoms with van der Waals surface area (Å²) >= 11 is 0. The molecule has 0 saturated carbocycles. The summed E-state index contributed by atoms with van der Waals surface area (Å²) in [5.74, 6) is -1.04. The van der Waals surface area contributed by atoms with Gasteiger partial charge in [-0.1, -0.05) is 24.3 Å². The van der Waals surface area contributed by atoms with Crippen LogP contribution < -0.4 is 5.43 Å². The normalized spacial score (nSPS) is 13.5. The molecule has 0 unspecified atom stereocenters. The number of carbonyl (C=O) groups is 3. The monoisotopic (exact) mass is 403 g/mol. The zero-order valence-electron chi connectivity index (χ0n) is 16.0. The predicted molar refractivity (Wildman–Crippen MR) is 106 cm³/mol. The molecular weight excluding hydrogens is 386 g/mol. The second kappa shape index (κ2) is 8.03. The van der Waals surface area contributed by atoms with E-state index in [0.29, 0.717) is 16.8 Å². The van der Waals surface area contributed by atoms with Crippen LogP contribution >= 0.6 is 0 Å². The molecule has 0 radical (unpaired) electrons. The lowest BCUT2D eigenvalue weighted by molar-refractivity contribution is -0.120. The van der Waals surface area contributed by atoms with E-state index in [0.717, 1.165) is 16.2 Å². The highest BCUT2D eigenvalue weighted by Gasteiger charge is 2.35. The maximum Gasteiger partial charge on any atom is 0.261 e. The molecule has 0 atom stereocenters. The highest BCUT2D eigenvalue weighted by Crippen LogP contribution is 2.22. The molecular formula is C20H17N7O3. The van der Waals surface area contributed by atoms with Crippen molar-refractivity contribution in [1.82, 2.24) is 30.5 Å². The first-order valence-electron chi connectivity index (χ1n) is 9.12. The van der Waals surface area contributed by atoms with E-state index in [-0.39, 0.29) is 30.7 Å². The smallest absolute Gasteiger partial charge is 0.261 e. The van der Waals surface area contributed by atoms with Crippen LogP contribution in [0.4, 0.5) is 0 Å². The Bertz CT molecular complexity index is 1100. The number of amides is 3. The van der Waals surface area contributed by atoms with Gasteiger partial charge in [0.2, 0.25) is 5.91 Å². The van der Waals surface area contributed by atoms with Gasteiger partial charge in [0.1, 0.15) is 6.33 Å². The predicted octanol–water partition coefficient (Wildman–Crippen LogP) is 0.993. The quantitative estimate of drug-likeness (QED) is 0.372. The Hall–Kier alpha value is -4.21. The molecule has 1 N–H and O–H groups in total. The number of nitrogens with one attached hydrogen (secondary N) is 1. The number of hydrogen-bond donors (Lipinski definition) is 1. The summed E-state index contributed by atoms with van der Waals surface area (Å²) in [6.07, 6.45) is 1.60. The average molecular weight is 403 g/mol. The number of benzene rings is 2. The van der Waals surface area contributed by atoms with Gasteiger partial charge in [-0.15, -0.1) is 5.10 Å². The number of rotatable bonds is 6. The van der Waals surface area contributed by atoms with Crippen LogP contribution in [0.1, 0.15) is 33.2 Å². The lowest BCUT2D eigenvalue weighted by atomic mass is 10.1. The van der Waals surface area contributed by atoms with Gasteiger partial charge in [-0.2, -0.15) is 5.10 Å². The summed E-state index contributed by atoms with van der Waals surface area (Å²) in [4.78, 5) is 38.1. The molecule has 1 aromatic heterocycles. The largest absolute Gasteiger partial charge is 0.273 e. The number of nitrogens with zero attached hydrogens (tertiary/aromatic N) is 6. The van der Waals surface area contributed by atoms with Crippen molar-refractivity contribution in [2.75, 3.05) is 6.54 Å². The molecule has 1 aliphatic heterocycles. The van der Waals surface area contributed by atoms with Crippen LogP contribution in [0.15, 0.2) is 60.0 Å². The maximum absolute atomic E-state index is 12.4. The summed E-state index contributed by atoms with van der Waals surface area (Å²) in [5, 5.41) is 15.0. The highest BCUT2D eigenvalue weighted by molar-refractivity contribution is 6.22. The lowest BCUT2D eigenvalue weighted by Crippen LogP contribution is -2.35. The Morgan fingerprint density at radius 3 is 2.30 bits per heavy atom. The van der Waals surface area contributed by atoms with Crippen molar-refractivity contribution in [3.05, 3.63) is 71.5 Å². The van der Waals surface area contributed by atoms with Crippen molar-refractivity contribution in [1.29, 1.82) is 0 Å². The molecule has 2 aromatic carbocycles. The Morgan fingerprint density at radius 1 is 1.03 bits per heavy atom. The summed E-state index contributed by atoms with van der Waals surface area (Å²) in [5.41, 5.74) is 5.22. The molecule has 0 saturated heterocycles. The van der Waals surface area contributed by atoms with Gasteiger partial charge in [-0.25, -0.2) is 10.1 Å². The Balaban J connectivity index is 1.33. The van der Waals surface area contributed by atoms with E-state index in [2.05, 4.69) is 26.1 Å². The van der Waals surface area contributed by atoms with E-state index < -0.39 is 0 Å². The van der Waals surface area contributed by atoms with E-state index in [4.69, 9.17) is 0 Å². The lowest BCUT2D eigenvalue weighted by Gasteiger charge is -2.13. The van der Waals surface area contributed by atoms with Crippen LogP contribution in [0.3, 0.4) is 0 Å². The van der Waals surface area contributed by atoms with Gasteiger partial charge in [0, 0.05) is 0 Å². The van der Waals surface area contributed by atoms with Gasteiger partial charge >= 0.3 is 0 Å². The molecule has 10 heteroatoms. The highest BCUT2D eigenvalue weighted by atomic mass is 16.2. The minimum atomic E-state index is -0.362. The van der Waals surface area contributed by atoms with Crippen LogP contribution in [-0.4, -0.2) is 55.1 Å². The number of hydrogen-bond acceptors (Lipinski definition) is 7. The van der Waals surface area contributed by atoms with Gasteiger partial charge in [-0.3, -0.25) is 19.3 Å². The van der Waals surface area contributed by atoms with Crippen molar-refractivity contribution >= 4 is 23.4 Å². The molecule has 30 heavy (non-hydrogen) atoms. The van der Waals surface area contributed by atoms with E-state index in [9.17, 15) is 14.4 Å². The molecule has 0 aliphatic carbocycles. The SMILES string of the molecule is CC(CN1C(=O)c2ccccc2C1=O)=NNC(=O)Cc1ccc(-n2cnnn2)cc1.